The van der Waals surface area contributed by atoms with E-state index >= 15 is 0 Å². The van der Waals surface area contributed by atoms with Crippen LogP contribution >= 0.6 is 11.8 Å². The largest absolute Gasteiger partial charge is 0.337 e. The molecule has 2 aromatic rings. The number of nitrogens with zero attached hydrogens (tertiary/aromatic N) is 4. The Morgan fingerprint density at radius 2 is 2.16 bits per heavy atom. The molecule has 0 atom stereocenters. The molecule has 0 fully saturated rings. The van der Waals surface area contributed by atoms with Crippen LogP contribution in [0.15, 0.2) is 29.0 Å². The van der Waals surface area contributed by atoms with Crippen molar-refractivity contribution >= 4 is 17.7 Å². The van der Waals surface area contributed by atoms with Crippen molar-refractivity contribution in [2.24, 2.45) is 0 Å². The van der Waals surface area contributed by atoms with Gasteiger partial charge in [-0.05, 0) is 18.4 Å². The second kappa shape index (κ2) is 6.33. The van der Waals surface area contributed by atoms with Gasteiger partial charge in [0.15, 0.2) is 0 Å². The van der Waals surface area contributed by atoms with Crippen molar-refractivity contribution in [2.75, 3.05) is 19.1 Å². The van der Waals surface area contributed by atoms with Crippen molar-refractivity contribution in [2.45, 2.75) is 6.54 Å². The first kappa shape index (κ1) is 13.5. The summed E-state index contributed by atoms with van der Waals surface area (Å²) < 4.78 is 5.14. The minimum Gasteiger partial charge on any atom is -0.337 e. The number of rotatable bonds is 5. The molecule has 0 aliphatic rings. The van der Waals surface area contributed by atoms with E-state index in [4.69, 9.17) is 4.52 Å². The lowest BCUT2D eigenvalue weighted by atomic mass is 10.2. The van der Waals surface area contributed by atoms with Crippen LogP contribution in [0, 0.1) is 0 Å². The number of hydrogen-bond acceptors (Lipinski definition) is 6. The number of pyridine rings is 1. The van der Waals surface area contributed by atoms with Crippen LogP contribution in [0.4, 0.5) is 0 Å². The van der Waals surface area contributed by atoms with E-state index in [1.165, 1.54) is 11.8 Å². The number of thioether (sulfide) groups is 1. The van der Waals surface area contributed by atoms with Gasteiger partial charge in [0.1, 0.15) is 0 Å². The average Bonchev–Trinajstić information content (AvgIpc) is 2.88. The third kappa shape index (κ3) is 3.54. The van der Waals surface area contributed by atoms with Gasteiger partial charge >= 0.3 is 0 Å². The monoisotopic (exact) mass is 278 g/mol. The van der Waals surface area contributed by atoms with Crippen LogP contribution in [0.25, 0.3) is 11.4 Å². The molecular formula is C12H14N4O2S. The van der Waals surface area contributed by atoms with Crippen LogP contribution in [-0.4, -0.2) is 45.0 Å². The van der Waals surface area contributed by atoms with Gasteiger partial charge in [-0.2, -0.15) is 16.7 Å². The smallest absolute Gasteiger partial charge is 0.246 e. The number of carbonyl (C=O) groups is 1. The first-order valence-electron chi connectivity index (χ1n) is 5.66. The van der Waals surface area contributed by atoms with Crippen molar-refractivity contribution in [3.05, 3.63) is 30.4 Å². The molecule has 2 rings (SSSR count). The zero-order valence-electron chi connectivity index (χ0n) is 10.7. The molecule has 0 saturated heterocycles. The van der Waals surface area contributed by atoms with Crippen LogP contribution in [0.3, 0.4) is 0 Å². The van der Waals surface area contributed by atoms with Crippen LogP contribution < -0.4 is 0 Å². The van der Waals surface area contributed by atoms with Crippen LogP contribution in [0.1, 0.15) is 5.89 Å². The predicted octanol–water partition coefficient (Wildman–Crippen LogP) is 1.45. The van der Waals surface area contributed by atoms with Gasteiger partial charge in [-0.15, -0.1) is 0 Å². The lowest BCUT2D eigenvalue weighted by Crippen LogP contribution is -2.27. The van der Waals surface area contributed by atoms with Crippen LogP contribution in [0.2, 0.25) is 0 Å². The van der Waals surface area contributed by atoms with E-state index in [0.29, 0.717) is 24.0 Å². The minimum absolute atomic E-state index is 0.0381. The second-order valence-corrected chi connectivity index (χ2v) is 4.80. The fourth-order valence-corrected chi connectivity index (χ4v) is 1.93. The van der Waals surface area contributed by atoms with Crippen molar-refractivity contribution in [3.63, 3.8) is 0 Å². The quantitative estimate of drug-likeness (QED) is 0.824. The first-order valence-corrected chi connectivity index (χ1v) is 7.06. The molecule has 100 valence electrons. The molecule has 19 heavy (non-hydrogen) atoms. The van der Waals surface area contributed by atoms with Crippen LogP contribution in [0.5, 0.6) is 0 Å². The molecular weight excluding hydrogens is 264 g/mol. The van der Waals surface area contributed by atoms with Crippen molar-refractivity contribution in [1.82, 2.24) is 20.0 Å². The summed E-state index contributed by atoms with van der Waals surface area (Å²) in [6.45, 7) is 0.317. The Morgan fingerprint density at radius 3 is 2.84 bits per heavy atom. The minimum atomic E-state index is 0.0381. The Bertz CT molecular complexity index is 544. The molecule has 0 aromatic carbocycles. The van der Waals surface area contributed by atoms with Gasteiger partial charge < -0.3 is 9.42 Å². The highest BCUT2D eigenvalue weighted by molar-refractivity contribution is 7.99. The van der Waals surface area contributed by atoms with Gasteiger partial charge in [-0.3, -0.25) is 9.78 Å². The summed E-state index contributed by atoms with van der Waals surface area (Å²) >= 11 is 1.49. The van der Waals surface area contributed by atoms with Crippen molar-refractivity contribution in [3.8, 4) is 11.4 Å². The number of hydrogen-bond donors (Lipinski definition) is 0. The molecule has 0 N–H and O–H groups in total. The molecule has 0 radical (unpaired) electrons. The SMILES string of the molecule is CSCC(=O)N(C)Cc1nc(-c2ccncc2)no1. The maximum Gasteiger partial charge on any atom is 0.246 e. The standard InChI is InChI=1S/C12H14N4O2S/c1-16(11(17)8-19-2)7-10-14-12(15-18-10)9-3-5-13-6-4-9/h3-6H,7-8H2,1-2H3. The number of aromatic nitrogens is 3. The van der Waals surface area contributed by atoms with E-state index in [1.807, 2.05) is 6.26 Å². The van der Waals surface area contributed by atoms with Gasteiger partial charge in [0.05, 0.1) is 12.3 Å². The van der Waals surface area contributed by atoms with Gasteiger partial charge in [0.2, 0.25) is 17.6 Å². The second-order valence-electron chi connectivity index (χ2n) is 3.93. The summed E-state index contributed by atoms with van der Waals surface area (Å²) in [5.41, 5.74) is 0.836. The molecule has 2 aromatic heterocycles. The third-order valence-electron chi connectivity index (χ3n) is 2.47. The molecule has 0 aliphatic carbocycles. The first-order chi connectivity index (χ1) is 9.20. The maximum atomic E-state index is 11.6. The molecule has 1 amide bonds. The molecule has 7 heteroatoms. The summed E-state index contributed by atoms with van der Waals surface area (Å²) in [4.78, 5) is 21.4. The zero-order chi connectivity index (χ0) is 13.7. The highest BCUT2D eigenvalue weighted by Gasteiger charge is 2.14. The van der Waals surface area contributed by atoms with Gasteiger partial charge in [0.25, 0.3) is 0 Å². The normalized spacial score (nSPS) is 10.4. The van der Waals surface area contributed by atoms with Gasteiger partial charge in [-0.1, -0.05) is 5.16 Å². The summed E-state index contributed by atoms with van der Waals surface area (Å²) in [7, 11) is 1.72. The Hall–Kier alpha value is -1.89. The van der Waals surface area contributed by atoms with E-state index in [1.54, 1.807) is 36.5 Å². The van der Waals surface area contributed by atoms with E-state index in [9.17, 15) is 4.79 Å². The lowest BCUT2D eigenvalue weighted by molar-refractivity contribution is -0.127. The van der Waals surface area contributed by atoms with Crippen LogP contribution in [-0.2, 0) is 11.3 Å². The molecule has 6 nitrogen and oxygen atoms in total. The highest BCUT2D eigenvalue weighted by atomic mass is 32.2. The molecule has 0 bridgehead atoms. The topological polar surface area (TPSA) is 72.1 Å². The lowest BCUT2D eigenvalue weighted by Gasteiger charge is -2.13. The Kier molecular flexibility index (Phi) is 4.51. The molecule has 0 saturated carbocycles. The number of amides is 1. The summed E-state index contributed by atoms with van der Waals surface area (Å²) in [6, 6.07) is 3.61. The molecule has 0 spiro atoms. The third-order valence-corrected chi connectivity index (χ3v) is 3.01. The fraction of sp³-hybridized carbons (Fsp3) is 0.333. The van der Waals surface area contributed by atoms with E-state index in [2.05, 4.69) is 15.1 Å². The Morgan fingerprint density at radius 1 is 1.42 bits per heavy atom. The molecule has 0 unspecified atom stereocenters. The van der Waals surface area contributed by atoms with Gasteiger partial charge in [-0.25, -0.2) is 0 Å². The molecule has 0 aliphatic heterocycles. The summed E-state index contributed by atoms with van der Waals surface area (Å²) in [5.74, 6) is 1.41. The number of carbonyl (C=O) groups excluding carboxylic acids is 1. The predicted molar refractivity (Wildman–Crippen MR) is 72.4 cm³/mol. The van der Waals surface area contributed by atoms with E-state index in [0.717, 1.165) is 5.56 Å². The Balaban J connectivity index is 2.04. The van der Waals surface area contributed by atoms with Gasteiger partial charge in [0, 0.05) is 25.0 Å². The summed E-state index contributed by atoms with van der Waals surface area (Å²) in [5, 5.41) is 3.89. The average molecular weight is 278 g/mol. The van der Waals surface area contributed by atoms with Crippen molar-refractivity contribution in [1.29, 1.82) is 0 Å². The summed E-state index contributed by atoms with van der Waals surface area (Å²) in [6.07, 6.45) is 5.22. The zero-order valence-corrected chi connectivity index (χ0v) is 11.6. The van der Waals surface area contributed by atoms with E-state index in [-0.39, 0.29) is 5.91 Å². The fourth-order valence-electron chi connectivity index (χ4n) is 1.46. The highest BCUT2D eigenvalue weighted by Crippen LogP contribution is 2.14. The maximum absolute atomic E-state index is 11.6. The Labute approximate surface area is 115 Å². The van der Waals surface area contributed by atoms with Crippen molar-refractivity contribution < 1.29 is 9.32 Å². The van der Waals surface area contributed by atoms with E-state index < -0.39 is 0 Å². The molecule has 2 heterocycles.